The first-order chi connectivity index (χ1) is 12.1. The molecule has 0 spiro atoms. The van der Waals surface area contributed by atoms with Crippen LogP contribution < -0.4 is 5.32 Å². The van der Waals surface area contributed by atoms with Crippen molar-refractivity contribution in [1.82, 2.24) is 19.7 Å². The Hall–Kier alpha value is -2.54. The molecule has 0 amide bonds. The van der Waals surface area contributed by atoms with Gasteiger partial charge in [0, 0.05) is 36.3 Å². The Kier molecular flexibility index (Phi) is 4.09. The molecule has 0 saturated heterocycles. The third-order valence-electron chi connectivity index (χ3n) is 4.45. The molecule has 1 aliphatic rings. The van der Waals surface area contributed by atoms with Crippen LogP contribution in [-0.2, 0) is 24.3 Å². The summed E-state index contributed by atoms with van der Waals surface area (Å²) in [5, 5.41) is 8.84. The van der Waals surface area contributed by atoms with Gasteiger partial charge in [0.25, 0.3) is 0 Å². The smallest absolute Gasteiger partial charge is 0.176 e. The van der Waals surface area contributed by atoms with E-state index in [1.807, 2.05) is 23.7 Å². The van der Waals surface area contributed by atoms with Gasteiger partial charge < -0.3 is 10.1 Å². The largest absolute Gasteiger partial charge is 0.380 e. The van der Waals surface area contributed by atoms with E-state index in [-0.39, 0.29) is 11.9 Å². The summed E-state index contributed by atoms with van der Waals surface area (Å²) < 4.78 is 21.1. The van der Waals surface area contributed by atoms with Crippen molar-refractivity contribution in [1.29, 1.82) is 0 Å². The summed E-state index contributed by atoms with van der Waals surface area (Å²) in [6, 6.07) is 7.23. The molecule has 2 aromatic heterocycles. The molecule has 1 unspecified atom stereocenters. The van der Waals surface area contributed by atoms with E-state index in [0.29, 0.717) is 17.9 Å². The number of nitrogens with one attached hydrogen (secondary N) is 1. The molecule has 130 valence electrons. The maximum Gasteiger partial charge on any atom is 0.176 e. The maximum atomic E-state index is 14.1. The number of hydrogen-bond donors (Lipinski definition) is 1. The van der Waals surface area contributed by atoms with Crippen molar-refractivity contribution in [2.75, 3.05) is 12.4 Å². The number of hydrogen-bond acceptors (Lipinski definition) is 5. The Balaban J connectivity index is 1.61. The van der Waals surface area contributed by atoms with Crippen LogP contribution in [0.5, 0.6) is 0 Å². The lowest BCUT2D eigenvalue weighted by molar-refractivity contribution is 0.177. The van der Waals surface area contributed by atoms with Gasteiger partial charge in [-0.1, -0.05) is 12.1 Å². The second kappa shape index (κ2) is 6.40. The zero-order valence-corrected chi connectivity index (χ0v) is 14.3. The van der Waals surface area contributed by atoms with Crippen molar-refractivity contribution in [3.05, 3.63) is 47.4 Å². The molecule has 0 radical (unpaired) electrons. The lowest BCUT2D eigenvalue weighted by atomic mass is 10.1. The number of ether oxygens (including phenoxy) is 1. The lowest BCUT2D eigenvalue weighted by Gasteiger charge is -2.25. The van der Waals surface area contributed by atoms with Crippen LogP contribution in [0.1, 0.15) is 23.8 Å². The number of nitrogens with zero attached hydrogens (tertiary/aromatic N) is 4. The molecule has 1 atom stereocenters. The van der Waals surface area contributed by atoms with Crippen LogP contribution in [0, 0.1) is 12.7 Å². The van der Waals surface area contributed by atoms with Crippen molar-refractivity contribution in [2.45, 2.75) is 39.0 Å². The average molecular weight is 341 g/mol. The summed E-state index contributed by atoms with van der Waals surface area (Å²) in [6.45, 7) is 3.03. The van der Waals surface area contributed by atoms with E-state index in [0.717, 1.165) is 42.0 Å². The first-order valence-corrected chi connectivity index (χ1v) is 8.38. The number of pyridine rings is 1. The van der Waals surface area contributed by atoms with Gasteiger partial charge in [0.05, 0.1) is 6.54 Å². The SMILES string of the molecule is COCc1nc2n(n1)CC(Nc1cc(C)nc3c(F)cccc13)CC2. The van der Waals surface area contributed by atoms with Gasteiger partial charge in [-0.3, -0.25) is 0 Å². The third-order valence-corrected chi connectivity index (χ3v) is 4.45. The maximum absolute atomic E-state index is 14.1. The Morgan fingerprint density at radius 3 is 3.08 bits per heavy atom. The zero-order chi connectivity index (χ0) is 17.4. The molecule has 7 heteroatoms. The van der Waals surface area contributed by atoms with Crippen LogP contribution in [0.25, 0.3) is 10.9 Å². The predicted octanol–water partition coefficient (Wildman–Crippen LogP) is 2.85. The van der Waals surface area contributed by atoms with Crippen molar-refractivity contribution in [2.24, 2.45) is 0 Å². The van der Waals surface area contributed by atoms with Gasteiger partial charge in [0.15, 0.2) is 5.82 Å². The van der Waals surface area contributed by atoms with Crippen LogP contribution in [0.3, 0.4) is 0 Å². The molecule has 1 aliphatic heterocycles. The molecule has 0 aliphatic carbocycles. The highest BCUT2D eigenvalue weighted by molar-refractivity contribution is 5.91. The van der Waals surface area contributed by atoms with Gasteiger partial charge >= 0.3 is 0 Å². The quantitative estimate of drug-likeness (QED) is 0.790. The summed E-state index contributed by atoms with van der Waals surface area (Å²) in [4.78, 5) is 8.83. The van der Waals surface area contributed by atoms with E-state index in [1.165, 1.54) is 6.07 Å². The molecule has 0 saturated carbocycles. The number of benzene rings is 1. The standard InChI is InChI=1S/C18H20FN5O/c1-11-8-15(13-4-3-5-14(19)18(13)20-11)21-12-6-7-17-22-16(10-25-2)23-24(17)9-12/h3-5,8,12H,6-7,9-10H2,1-2H3,(H,20,21). The second-order valence-corrected chi connectivity index (χ2v) is 6.39. The van der Waals surface area contributed by atoms with Crippen LogP contribution in [-0.4, -0.2) is 32.9 Å². The van der Waals surface area contributed by atoms with Gasteiger partial charge in [-0.05, 0) is 25.5 Å². The summed E-state index contributed by atoms with van der Waals surface area (Å²) in [7, 11) is 1.64. The molecule has 0 fully saturated rings. The van der Waals surface area contributed by atoms with Crippen LogP contribution in [0.15, 0.2) is 24.3 Å². The fourth-order valence-electron chi connectivity index (χ4n) is 3.35. The molecular formula is C18H20FN5O. The van der Waals surface area contributed by atoms with E-state index >= 15 is 0 Å². The number of fused-ring (bicyclic) bond motifs is 2. The third kappa shape index (κ3) is 3.07. The summed E-state index contributed by atoms with van der Waals surface area (Å²) >= 11 is 0. The van der Waals surface area contributed by atoms with Crippen molar-refractivity contribution < 1.29 is 9.13 Å². The molecule has 6 nitrogen and oxygen atoms in total. The van der Waals surface area contributed by atoms with E-state index in [4.69, 9.17) is 4.74 Å². The monoisotopic (exact) mass is 341 g/mol. The van der Waals surface area contributed by atoms with Gasteiger partial charge in [0.2, 0.25) is 0 Å². The number of methoxy groups -OCH3 is 1. The molecule has 1 N–H and O–H groups in total. The summed E-state index contributed by atoms with van der Waals surface area (Å²) in [6.07, 6.45) is 1.80. The van der Waals surface area contributed by atoms with Crippen molar-refractivity contribution >= 4 is 16.6 Å². The van der Waals surface area contributed by atoms with Gasteiger partial charge in [-0.2, -0.15) is 5.10 Å². The summed E-state index contributed by atoms with van der Waals surface area (Å²) in [5.41, 5.74) is 2.11. The first kappa shape index (κ1) is 16.0. The highest BCUT2D eigenvalue weighted by atomic mass is 19.1. The van der Waals surface area contributed by atoms with Crippen molar-refractivity contribution in [3.63, 3.8) is 0 Å². The molecular weight excluding hydrogens is 321 g/mol. The lowest BCUT2D eigenvalue weighted by Crippen LogP contribution is -2.32. The predicted molar refractivity (Wildman–Crippen MR) is 92.9 cm³/mol. The minimum atomic E-state index is -0.296. The Bertz CT molecular complexity index is 923. The average Bonchev–Trinajstić information content (AvgIpc) is 2.98. The highest BCUT2D eigenvalue weighted by Gasteiger charge is 2.22. The minimum absolute atomic E-state index is 0.206. The number of para-hydroxylation sites is 1. The zero-order valence-electron chi connectivity index (χ0n) is 14.3. The molecule has 25 heavy (non-hydrogen) atoms. The van der Waals surface area contributed by atoms with E-state index < -0.39 is 0 Å². The Labute approximate surface area is 145 Å². The fraction of sp³-hybridized carbons (Fsp3) is 0.389. The summed E-state index contributed by atoms with van der Waals surface area (Å²) in [5.74, 6) is 1.41. The van der Waals surface area contributed by atoms with E-state index in [2.05, 4.69) is 20.4 Å². The van der Waals surface area contributed by atoms with Gasteiger partial charge in [-0.25, -0.2) is 19.0 Å². The van der Waals surface area contributed by atoms with Crippen LogP contribution in [0.2, 0.25) is 0 Å². The van der Waals surface area contributed by atoms with E-state index in [1.54, 1.807) is 13.2 Å². The molecule has 3 aromatic rings. The Morgan fingerprint density at radius 2 is 2.24 bits per heavy atom. The first-order valence-electron chi connectivity index (χ1n) is 8.38. The number of anilines is 1. The number of aromatic nitrogens is 4. The molecule has 4 rings (SSSR count). The minimum Gasteiger partial charge on any atom is -0.380 e. The van der Waals surface area contributed by atoms with Crippen molar-refractivity contribution in [3.8, 4) is 0 Å². The molecule has 1 aromatic carbocycles. The fourth-order valence-corrected chi connectivity index (χ4v) is 3.35. The molecule has 0 bridgehead atoms. The number of rotatable bonds is 4. The van der Waals surface area contributed by atoms with Gasteiger partial charge in [-0.15, -0.1) is 0 Å². The highest BCUT2D eigenvalue weighted by Crippen LogP contribution is 2.27. The van der Waals surface area contributed by atoms with Crippen LogP contribution >= 0.6 is 0 Å². The second-order valence-electron chi connectivity index (χ2n) is 6.39. The van der Waals surface area contributed by atoms with Gasteiger partial charge in [0.1, 0.15) is 23.8 Å². The molecule has 3 heterocycles. The topological polar surface area (TPSA) is 64.9 Å². The Morgan fingerprint density at radius 1 is 1.36 bits per heavy atom. The van der Waals surface area contributed by atoms with E-state index in [9.17, 15) is 4.39 Å². The number of halogens is 1. The number of aryl methyl sites for hydroxylation is 2. The normalized spacial score (nSPS) is 16.8. The van der Waals surface area contributed by atoms with Crippen LogP contribution in [0.4, 0.5) is 10.1 Å².